The minimum atomic E-state index is -3.71. The third-order valence-electron chi connectivity index (χ3n) is 4.29. The molecule has 0 N–H and O–H groups in total. The van der Waals surface area contributed by atoms with E-state index in [-0.39, 0.29) is 11.3 Å². The number of fused-ring (bicyclic) bond motifs is 1. The fourth-order valence-electron chi connectivity index (χ4n) is 2.77. The Morgan fingerprint density at radius 2 is 1.72 bits per heavy atom. The maximum Gasteiger partial charge on any atom is 0.249 e. The molecule has 1 aromatic heterocycles. The van der Waals surface area contributed by atoms with E-state index in [1.807, 2.05) is 0 Å². The minimum Gasteiger partial charge on any atom is -0.495 e. The van der Waals surface area contributed by atoms with Crippen LogP contribution in [0.2, 0.25) is 0 Å². The van der Waals surface area contributed by atoms with Crippen LogP contribution in [0.3, 0.4) is 0 Å². The molecule has 0 atom stereocenters. The molecule has 0 unspecified atom stereocenters. The first kappa shape index (κ1) is 21.0. The maximum atomic E-state index is 13.0. The number of aromatic nitrogens is 1. The molecule has 0 saturated heterocycles. The molecule has 0 aliphatic carbocycles. The molecule has 0 aliphatic rings. The van der Waals surface area contributed by atoms with E-state index >= 15 is 0 Å². The van der Waals surface area contributed by atoms with E-state index in [1.165, 1.54) is 23.5 Å². The van der Waals surface area contributed by atoms with Crippen LogP contribution < -0.4 is 14.3 Å². The summed E-state index contributed by atoms with van der Waals surface area (Å²) < 4.78 is 50.8. The van der Waals surface area contributed by atoms with Gasteiger partial charge >= 0.3 is 0 Å². The summed E-state index contributed by atoms with van der Waals surface area (Å²) >= 11 is 1.24. The Morgan fingerprint density at radius 1 is 1.10 bits per heavy atom. The molecule has 1 amide bonds. The topological polar surface area (TPSA) is 87.0 Å². The fraction of sp³-hybridized carbons (Fsp3) is 0.263. The van der Waals surface area contributed by atoms with Gasteiger partial charge in [-0.15, -0.1) is 0 Å². The van der Waals surface area contributed by atoms with E-state index in [1.54, 1.807) is 38.0 Å². The predicted molar refractivity (Wildman–Crippen MR) is 108 cm³/mol. The summed E-state index contributed by atoms with van der Waals surface area (Å²) in [5, 5.41) is 0. The molecule has 3 rings (SSSR count). The van der Waals surface area contributed by atoms with Crippen molar-refractivity contribution in [3.05, 3.63) is 47.0 Å². The highest BCUT2D eigenvalue weighted by Crippen LogP contribution is 2.34. The number of benzene rings is 2. The van der Waals surface area contributed by atoms with Crippen molar-refractivity contribution >= 4 is 37.3 Å². The molecular weight excluding hydrogens is 419 g/mol. The lowest BCUT2D eigenvalue weighted by Crippen LogP contribution is -2.16. The van der Waals surface area contributed by atoms with Crippen molar-refractivity contribution in [1.29, 1.82) is 0 Å². The molecule has 1 heterocycles. The van der Waals surface area contributed by atoms with Crippen LogP contribution in [-0.2, 0) is 21.7 Å². The van der Waals surface area contributed by atoms with Gasteiger partial charge in [0.25, 0.3) is 0 Å². The lowest BCUT2D eigenvalue weighted by Gasteiger charge is -2.06. The Labute approximate surface area is 171 Å². The number of ether oxygens (including phenoxy) is 2. The van der Waals surface area contributed by atoms with Gasteiger partial charge in [-0.2, -0.15) is 4.99 Å². The molecule has 7 nitrogen and oxygen atoms in total. The van der Waals surface area contributed by atoms with Crippen molar-refractivity contribution in [3.63, 3.8) is 0 Å². The molecule has 0 radical (unpaired) electrons. The van der Waals surface area contributed by atoms with Gasteiger partial charge in [-0.05, 0) is 36.4 Å². The molecule has 3 aromatic rings. The number of sulfone groups is 1. The van der Waals surface area contributed by atoms with Crippen LogP contribution in [0.4, 0.5) is 4.39 Å². The summed E-state index contributed by atoms with van der Waals surface area (Å²) in [4.78, 5) is 16.7. The Morgan fingerprint density at radius 3 is 2.34 bits per heavy atom. The molecule has 0 aliphatic heterocycles. The number of aryl methyl sites for hydroxylation is 1. The quantitative estimate of drug-likeness (QED) is 0.553. The van der Waals surface area contributed by atoms with Crippen molar-refractivity contribution in [2.45, 2.75) is 11.3 Å². The van der Waals surface area contributed by atoms with Gasteiger partial charge in [0, 0.05) is 13.5 Å². The van der Waals surface area contributed by atoms with Gasteiger partial charge < -0.3 is 14.0 Å². The Kier molecular flexibility index (Phi) is 6.04. The predicted octanol–water partition coefficient (Wildman–Crippen LogP) is 2.69. The van der Waals surface area contributed by atoms with Gasteiger partial charge in [0.1, 0.15) is 27.5 Å². The second-order valence-corrected chi connectivity index (χ2v) is 9.21. The molecule has 154 valence electrons. The van der Waals surface area contributed by atoms with E-state index in [9.17, 15) is 17.6 Å². The van der Waals surface area contributed by atoms with E-state index in [4.69, 9.17) is 9.47 Å². The molecule has 0 spiro atoms. The van der Waals surface area contributed by atoms with Gasteiger partial charge in [-0.3, -0.25) is 4.79 Å². The zero-order valence-corrected chi connectivity index (χ0v) is 17.6. The van der Waals surface area contributed by atoms with Crippen molar-refractivity contribution in [1.82, 2.24) is 4.57 Å². The van der Waals surface area contributed by atoms with Crippen molar-refractivity contribution in [2.75, 3.05) is 20.0 Å². The summed E-state index contributed by atoms with van der Waals surface area (Å²) in [5.41, 5.74) is 0.724. The molecule has 29 heavy (non-hydrogen) atoms. The number of carbonyl (C=O) groups is 1. The van der Waals surface area contributed by atoms with Gasteiger partial charge in [-0.25, -0.2) is 12.8 Å². The Bertz CT molecular complexity index is 1230. The van der Waals surface area contributed by atoms with Gasteiger partial charge in [-0.1, -0.05) is 11.3 Å². The van der Waals surface area contributed by atoms with Crippen molar-refractivity contribution in [3.8, 4) is 11.5 Å². The van der Waals surface area contributed by atoms with Crippen LogP contribution in [0, 0.1) is 5.82 Å². The van der Waals surface area contributed by atoms with Crippen LogP contribution in [0.1, 0.15) is 6.42 Å². The van der Waals surface area contributed by atoms with Crippen LogP contribution in [0.5, 0.6) is 11.5 Å². The number of halogens is 1. The fourth-order valence-corrected chi connectivity index (χ4v) is 5.15. The van der Waals surface area contributed by atoms with E-state index in [2.05, 4.69) is 4.99 Å². The molecule has 0 bridgehead atoms. The second-order valence-electron chi connectivity index (χ2n) is 6.12. The minimum absolute atomic E-state index is 0.0337. The van der Waals surface area contributed by atoms with Gasteiger partial charge in [0.15, 0.2) is 14.6 Å². The largest absolute Gasteiger partial charge is 0.495 e. The average Bonchev–Trinajstić information content (AvgIpc) is 3.02. The molecular formula is C19H19FN2O5S2. The maximum absolute atomic E-state index is 13.0. The van der Waals surface area contributed by atoms with E-state index in [0.29, 0.717) is 16.3 Å². The summed E-state index contributed by atoms with van der Waals surface area (Å²) in [6, 6.07) is 8.01. The SMILES string of the molecule is COc1ccc(OC)c2c1sc(=NC(=O)CCS(=O)(=O)c1ccc(F)cc1)n2C. The van der Waals surface area contributed by atoms with Crippen LogP contribution in [0.15, 0.2) is 46.3 Å². The normalized spacial score (nSPS) is 12.3. The number of carbonyl (C=O) groups excluding carboxylic acids is 1. The first-order valence-electron chi connectivity index (χ1n) is 8.53. The number of hydrogen-bond donors (Lipinski definition) is 0. The zero-order valence-electron chi connectivity index (χ0n) is 16.0. The molecule has 10 heteroatoms. The summed E-state index contributed by atoms with van der Waals surface area (Å²) in [7, 11) is 1.11. The lowest BCUT2D eigenvalue weighted by atomic mass is 10.3. The average molecular weight is 439 g/mol. The highest BCUT2D eigenvalue weighted by atomic mass is 32.2. The van der Waals surface area contributed by atoms with E-state index < -0.39 is 27.3 Å². The first-order chi connectivity index (χ1) is 13.8. The van der Waals surface area contributed by atoms with Crippen molar-refractivity contribution < 1.29 is 27.1 Å². The Balaban J connectivity index is 1.88. The molecule has 0 saturated carbocycles. The molecule has 2 aromatic carbocycles. The number of amides is 1. The number of nitrogens with zero attached hydrogens (tertiary/aromatic N) is 2. The third kappa shape index (κ3) is 4.33. The van der Waals surface area contributed by atoms with Gasteiger partial charge in [0.2, 0.25) is 5.91 Å². The number of rotatable bonds is 6. The smallest absolute Gasteiger partial charge is 0.249 e. The monoisotopic (exact) mass is 438 g/mol. The number of thiazole rings is 1. The standard InChI is InChI=1S/C19H19FN2O5S2/c1-22-17-14(26-2)8-9-15(27-3)18(17)28-19(22)21-16(23)10-11-29(24,25)13-6-4-12(20)5-7-13/h4-9H,10-11H2,1-3H3. The van der Waals surface area contributed by atoms with Crippen LogP contribution in [-0.4, -0.2) is 38.9 Å². The summed E-state index contributed by atoms with van der Waals surface area (Å²) in [6.45, 7) is 0. The van der Waals surface area contributed by atoms with Crippen molar-refractivity contribution in [2.24, 2.45) is 12.0 Å². The van der Waals surface area contributed by atoms with Crippen LogP contribution >= 0.6 is 11.3 Å². The van der Waals surface area contributed by atoms with Crippen LogP contribution in [0.25, 0.3) is 10.2 Å². The molecule has 0 fully saturated rings. The Hall–Kier alpha value is -2.72. The second kappa shape index (κ2) is 8.34. The van der Waals surface area contributed by atoms with E-state index in [0.717, 1.165) is 22.3 Å². The first-order valence-corrected chi connectivity index (χ1v) is 11.0. The number of methoxy groups -OCH3 is 2. The van der Waals surface area contributed by atoms with Gasteiger partial charge in [0.05, 0.1) is 24.9 Å². The number of hydrogen-bond acceptors (Lipinski definition) is 6. The lowest BCUT2D eigenvalue weighted by molar-refractivity contribution is -0.117. The summed E-state index contributed by atoms with van der Waals surface area (Å²) in [5.74, 6) is -0.294. The third-order valence-corrected chi connectivity index (χ3v) is 7.17. The highest BCUT2D eigenvalue weighted by Gasteiger charge is 2.18. The highest BCUT2D eigenvalue weighted by molar-refractivity contribution is 7.91. The summed E-state index contributed by atoms with van der Waals surface area (Å²) in [6.07, 6.45) is -0.289. The zero-order chi connectivity index (χ0) is 21.2.